The number of carbonyl (C=O) groups is 1. The van der Waals surface area contributed by atoms with E-state index < -0.39 is 0 Å². The van der Waals surface area contributed by atoms with Gasteiger partial charge in [-0.05, 0) is 51.5 Å². The average molecular weight is 292 g/mol. The monoisotopic (exact) mass is 292 g/mol. The van der Waals surface area contributed by atoms with Crippen LogP contribution in [-0.4, -0.2) is 49.5 Å². The van der Waals surface area contributed by atoms with Crippen molar-refractivity contribution < 1.29 is 4.79 Å². The molecule has 0 unspecified atom stereocenters. The Morgan fingerprint density at radius 3 is 2.62 bits per heavy atom. The van der Waals surface area contributed by atoms with Gasteiger partial charge < -0.3 is 15.5 Å². The van der Waals surface area contributed by atoms with Crippen LogP contribution in [0.15, 0.2) is 18.3 Å². The predicted octanol–water partition coefficient (Wildman–Crippen LogP) is 2.22. The van der Waals surface area contributed by atoms with Crippen LogP contribution in [0, 0.1) is 5.92 Å². The summed E-state index contributed by atoms with van der Waals surface area (Å²) < 4.78 is 0. The standard InChI is InChI=1S/C16H28N4O/c1-13(2)8-10-17-15-7-6-14(12-19-15)16(21)18-9-5-11-20(3)4/h6-7,12-13H,5,8-11H2,1-4H3,(H,17,19)(H,18,21). The van der Waals surface area contributed by atoms with E-state index in [2.05, 4.69) is 34.4 Å². The van der Waals surface area contributed by atoms with Gasteiger partial charge in [-0.2, -0.15) is 0 Å². The lowest BCUT2D eigenvalue weighted by atomic mass is 10.1. The van der Waals surface area contributed by atoms with E-state index in [1.54, 1.807) is 6.20 Å². The molecule has 0 aromatic carbocycles. The Hall–Kier alpha value is -1.62. The van der Waals surface area contributed by atoms with Crippen molar-refractivity contribution in [1.29, 1.82) is 0 Å². The lowest BCUT2D eigenvalue weighted by Crippen LogP contribution is -2.27. The van der Waals surface area contributed by atoms with Gasteiger partial charge in [0.25, 0.3) is 5.91 Å². The molecule has 0 saturated heterocycles. The lowest BCUT2D eigenvalue weighted by Gasteiger charge is -2.10. The van der Waals surface area contributed by atoms with Gasteiger partial charge in [0.05, 0.1) is 5.56 Å². The van der Waals surface area contributed by atoms with Crippen LogP contribution in [0.25, 0.3) is 0 Å². The smallest absolute Gasteiger partial charge is 0.252 e. The Kier molecular flexibility index (Phi) is 7.75. The molecule has 0 atom stereocenters. The third kappa shape index (κ3) is 7.66. The van der Waals surface area contributed by atoms with Gasteiger partial charge in [-0.15, -0.1) is 0 Å². The van der Waals surface area contributed by atoms with E-state index in [4.69, 9.17) is 0 Å². The highest BCUT2D eigenvalue weighted by molar-refractivity contribution is 5.93. The van der Waals surface area contributed by atoms with Crippen LogP contribution < -0.4 is 10.6 Å². The first kappa shape index (κ1) is 17.4. The number of nitrogens with one attached hydrogen (secondary N) is 2. The second-order valence-corrected chi connectivity index (χ2v) is 5.95. The highest BCUT2D eigenvalue weighted by Gasteiger charge is 2.05. The number of rotatable bonds is 9. The minimum Gasteiger partial charge on any atom is -0.370 e. The molecular formula is C16H28N4O. The van der Waals surface area contributed by atoms with Crippen molar-refractivity contribution >= 4 is 11.7 Å². The van der Waals surface area contributed by atoms with E-state index in [1.165, 1.54) is 0 Å². The number of anilines is 1. The molecule has 2 N–H and O–H groups in total. The van der Waals surface area contributed by atoms with Crippen LogP contribution in [0.1, 0.15) is 37.0 Å². The quantitative estimate of drug-likeness (QED) is 0.685. The Balaban J connectivity index is 2.33. The number of amides is 1. The number of nitrogens with zero attached hydrogens (tertiary/aromatic N) is 2. The molecule has 0 aliphatic rings. The summed E-state index contributed by atoms with van der Waals surface area (Å²) >= 11 is 0. The number of pyridine rings is 1. The van der Waals surface area contributed by atoms with Gasteiger partial charge in [0, 0.05) is 19.3 Å². The molecule has 1 heterocycles. The molecule has 1 aromatic rings. The van der Waals surface area contributed by atoms with Crippen molar-refractivity contribution in [3.05, 3.63) is 23.9 Å². The Morgan fingerprint density at radius 1 is 1.29 bits per heavy atom. The number of carbonyl (C=O) groups excluding carboxylic acids is 1. The first-order valence-corrected chi connectivity index (χ1v) is 7.62. The second-order valence-electron chi connectivity index (χ2n) is 5.95. The summed E-state index contributed by atoms with van der Waals surface area (Å²) in [6.45, 7) is 6.95. The maximum Gasteiger partial charge on any atom is 0.252 e. The maximum absolute atomic E-state index is 11.9. The zero-order chi connectivity index (χ0) is 15.7. The fourth-order valence-electron chi connectivity index (χ4n) is 1.82. The van der Waals surface area contributed by atoms with Gasteiger partial charge in [-0.3, -0.25) is 4.79 Å². The van der Waals surface area contributed by atoms with Crippen molar-refractivity contribution in [3.63, 3.8) is 0 Å². The fourth-order valence-corrected chi connectivity index (χ4v) is 1.82. The highest BCUT2D eigenvalue weighted by Crippen LogP contribution is 2.06. The van der Waals surface area contributed by atoms with Crippen molar-refractivity contribution in [1.82, 2.24) is 15.2 Å². The molecule has 5 nitrogen and oxygen atoms in total. The number of hydrogen-bond donors (Lipinski definition) is 2. The molecule has 0 fully saturated rings. The summed E-state index contributed by atoms with van der Waals surface area (Å²) in [6, 6.07) is 3.67. The van der Waals surface area contributed by atoms with Crippen LogP contribution >= 0.6 is 0 Å². The average Bonchev–Trinajstić information content (AvgIpc) is 2.43. The van der Waals surface area contributed by atoms with E-state index in [-0.39, 0.29) is 5.91 Å². The molecule has 0 aliphatic heterocycles. The Labute approximate surface area is 128 Å². The maximum atomic E-state index is 11.9. The van der Waals surface area contributed by atoms with Crippen molar-refractivity contribution in [2.75, 3.05) is 39.0 Å². The van der Waals surface area contributed by atoms with E-state index in [0.717, 1.165) is 31.7 Å². The van der Waals surface area contributed by atoms with E-state index in [0.29, 0.717) is 18.0 Å². The molecule has 0 radical (unpaired) electrons. The van der Waals surface area contributed by atoms with Crippen LogP contribution in [-0.2, 0) is 0 Å². The van der Waals surface area contributed by atoms with Gasteiger partial charge in [0.2, 0.25) is 0 Å². The van der Waals surface area contributed by atoms with Crippen molar-refractivity contribution in [2.24, 2.45) is 5.92 Å². The molecule has 1 rings (SSSR count). The van der Waals surface area contributed by atoms with Crippen molar-refractivity contribution in [2.45, 2.75) is 26.7 Å². The molecule has 0 bridgehead atoms. The fraction of sp³-hybridized carbons (Fsp3) is 0.625. The van der Waals surface area contributed by atoms with E-state index >= 15 is 0 Å². The third-order valence-electron chi connectivity index (χ3n) is 3.12. The summed E-state index contributed by atoms with van der Waals surface area (Å²) in [4.78, 5) is 18.3. The SMILES string of the molecule is CC(C)CCNc1ccc(C(=O)NCCCN(C)C)cn1. The summed E-state index contributed by atoms with van der Waals surface area (Å²) in [6.07, 6.45) is 3.68. The summed E-state index contributed by atoms with van der Waals surface area (Å²) in [7, 11) is 4.05. The predicted molar refractivity (Wildman–Crippen MR) is 87.7 cm³/mol. The lowest BCUT2D eigenvalue weighted by molar-refractivity contribution is 0.0952. The Morgan fingerprint density at radius 2 is 2.05 bits per heavy atom. The molecule has 1 aromatic heterocycles. The van der Waals surface area contributed by atoms with Crippen LogP contribution in [0.5, 0.6) is 0 Å². The van der Waals surface area contributed by atoms with Crippen molar-refractivity contribution in [3.8, 4) is 0 Å². The highest BCUT2D eigenvalue weighted by atomic mass is 16.1. The number of hydrogen-bond acceptors (Lipinski definition) is 4. The zero-order valence-corrected chi connectivity index (χ0v) is 13.6. The second kappa shape index (κ2) is 9.34. The molecule has 1 amide bonds. The topological polar surface area (TPSA) is 57.3 Å². The Bertz CT molecular complexity index is 415. The molecule has 21 heavy (non-hydrogen) atoms. The minimum atomic E-state index is -0.0602. The molecule has 0 saturated carbocycles. The molecule has 0 spiro atoms. The van der Waals surface area contributed by atoms with Gasteiger partial charge in [0.1, 0.15) is 5.82 Å². The van der Waals surface area contributed by atoms with Gasteiger partial charge in [-0.25, -0.2) is 4.98 Å². The number of aromatic nitrogens is 1. The molecule has 5 heteroatoms. The van der Waals surface area contributed by atoms with Crippen LogP contribution in [0.3, 0.4) is 0 Å². The molecular weight excluding hydrogens is 264 g/mol. The van der Waals surface area contributed by atoms with Crippen LogP contribution in [0.2, 0.25) is 0 Å². The first-order valence-electron chi connectivity index (χ1n) is 7.62. The van der Waals surface area contributed by atoms with Gasteiger partial charge in [-0.1, -0.05) is 13.8 Å². The first-order chi connectivity index (χ1) is 9.99. The summed E-state index contributed by atoms with van der Waals surface area (Å²) in [5.41, 5.74) is 0.606. The third-order valence-corrected chi connectivity index (χ3v) is 3.12. The largest absolute Gasteiger partial charge is 0.370 e. The summed E-state index contributed by atoms with van der Waals surface area (Å²) in [5.74, 6) is 1.43. The molecule has 118 valence electrons. The summed E-state index contributed by atoms with van der Waals surface area (Å²) in [5, 5.41) is 6.16. The van der Waals surface area contributed by atoms with Crippen LogP contribution in [0.4, 0.5) is 5.82 Å². The minimum absolute atomic E-state index is 0.0602. The van der Waals surface area contributed by atoms with Gasteiger partial charge in [0.15, 0.2) is 0 Å². The van der Waals surface area contributed by atoms with E-state index in [1.807, 2.05) is 26.2 Å². The van der Waals surface area contributed by atoms with E-state index in [9.17, 15) is 4.79 Å². The zero-order valence-electron chi connectivity index (χ0n) is 13.6. The molecule has 0 aliphatic carbocycles. The van der Waals surface area contributed by atoms with Gasteiger partial charge >= 0.3 is 0 Å². The normalized spacial score (nSPS) is 11.0.